The molecule has 0 fully saturated rings. The molecular formula is C17H12N5O3-. The Morgan fingerprint density at radius 2 is 2.12 bits per heavy atom. The van der Waals surface area contributed by atoms with E-state index in [2.05, 4.69) is 25.8 Å². The minimum atomic E-state index is -1.45. The zero-order chi connectivity index (χ0) is 17.6. The van der Waals surface area contributed by atoms with Crippen LogP contribution in [0.2, 0.25) is 0 Å². The zero-order valence-corrected chi connectivity index (χ0v) is 13.1. The molecule has 0 spiro atoms. The smallest absolute Gasteiger partial charge is 0.272 e. The van der Waals surface area contributed by atoms with Crippen molar-refractivity contribution in [3.8, 4) is 11.3 Å². The highest BCUT2D eigenvalue weighted by Gasteiger charge is 2.22. The molecule has 0 saturated carbocycles. The molecule has 4 rings (SSSR count). The van der Waals surface area contributed by atoms with Gasteiger partial charge in [-0.1, -0.05) is 0 Å². The Bertz CT molecular complexity index is 1050. The van der Waals surface area contributed by atoms with Gasteiger partial charge in [-0.2, -0.15) is 5.10 Å². The number of carbonyl (C=O) groups is 2. The summed E-state index contributed by atoms with van der Waals surface area (Å²) in [6.45, 7) is 1.89. The summed E-state index contributed by atoms with van der Waals surface area (Å²) >= 11 is 0. The number of nitrogens with one attached hydrogen (secondary N) is 3. The van der Waals surface area contributed by atoms with Gasteiger partial charge in [-0.3, -0.25) is 9.78 Å². The summed E-state index contributed by atoms with van der Waals surface area (Å²) in [6.07, 6.45) is 1.84. The van der Waals surface area contributed by atoms with Gasteiger partial charge in [-0.25, -0.2) is 5.43 Å². The van der Waals surface area contributed by atoms with E-state index >= 15 is 0 Å². The van der Waals surface area contributed by atoms with Gasteiger partial charge in [-0.05, 0) is 31.2 Å². The second-order valence-electron chi connectivity index (χ2n) is 5.66. The average Bonchev–Trinajstić information content (AvgIpc) is 2.83. The highest BCUT2D eigenvalue weighted by Crippen LogP contribution is 2.34. The number of aromatic nitrogens is 2. The van der Waals surface area contributed by atoms with E-state index in [1.807, 2.05) is 19.1 Å². The van der Waals surface area contributed by atoms with Crippen LogP contribution in [0.25, 0.3) is 22.2 Å². The molecule has 1 aliphatic heterocycles. The fourth-order valence-electron chi connectivity index (χ4n) is 2.92. The van der Waals surface area contributed by atoms with E-state index in [9.17, 15) is 14.7 Å². The summed E-state index contributed by atoms with van der Waals surface area (Å²) in [5.41, 5.74) is 6.77. The number of nitrogens with zero attached hydrogens (tertiary/aromatic N) is 2. The van der Waals surface area contributed by atoms with Crippen molar-refractivity contribution in [3.63, 3.8) is 0 Å². The normalized spacial score (nSPS) is 12.8. The van der Waals surface area contributed by atoms with Crippen LogP contribution in [0.3, 0.4) is 0 Å². The van der Waals surface area contributed by atoms with Gasteiger partial charge in [0, 0.05) is 39.6 Å². The van der Waals surface area contributed by atoms with Gasteiger partial charge in [0.1, 0.15) is 6.09 Å². The van der Waals surface area contributed by atoms with Crippen LogP contribution in [-0.2, 0) is 0 Å². The number of hydrogen-bond acceptors (Lipinski definition) is 5. The molecule has 1 aromatic carbocycles. The third-order valence-electron chi connectivity index (χ3n) is 3.99. The van der Waals surface area contributed by atoms with Crippen LogP contribution in [0.1, 0.15) is 21.6 Å². The van der Waals surface area contributed by atoms with Crippen LogP contribution in [-0.4, -0.2) is 28.2 Å². The second-order valence-corrected chi connectivity index (χ2v) is 5.66. The van der Waals surface area contributed by atoms with Crippen molar-refractivity contribution in [2.75, 3.05) is 5.32 Å². The van der Waals surface area contributed by atoms with Gasteiger partial charge in [-0.15, -0.1) is 0 Å². The second kappa shape index (κ2) is 5.45. The quantitative estimate of drug-likeness (QED) is 0.655. The Hall–Kier alpha value is -3.68. The molecule has 0 saturated heterocycles. The van der Waals surface area contributed by atoms with Crippen LogP contribution >= 0.6 is 0 Å². The number of carbonyl (C=O) groups excluding carboxylic acids is 2. The maximum atomic E-state index is 12.3. The highest BCUT2D eigenvalue weighted by atomic mass is 16.4. The van der Waals surface area contributed by atoms with Crippen LogP contribution in [0, 0.1) is 6.92 Å². The van der Waals surface area contributed by atoms with Gasteiger partial charge in [0.2, 0.25) is 0 Å². The van der Waals surface area contributed by atoms with E-state index in [1.54, 1.807) is 18.5 Å². The van der Waals surface area contributed by atoms with Crippen LogP contribution in [0.4, 0.5) is 10.5 Å². The summed E-state index contributed by atoms with van der Waals surface area (Å²) < 4.78 is 0. The summed E-state index contributed by atoms with van der Waals surface area (Å²) in [5.74, 6) is -0.422. The first kappa shape index (κ1) is 14.9. The number of aryl methyl sites for hydroxylation is 1. The summed E-state index contributed by atoms with van der Waals surface area (Å²) in [6, 6.07) is 6.86. The summed E-state index contributed by atoms with van der Waals surface area (Å²) in [5, 5.41) is 17.6. The number of rotatable bonds is 2. The van der Waals surface area contributed by atoms with Crippen molar-refractivity contribution in [2.45, 2.75) is 6.92 Å². The number of benzene rings is 1. The molecule has 0 bridgehead atoms. The minimum Gasteiger partial charge on any atom is -0.530 e. The van der Waals surface area contributed by atoms with E-state index in [1.165, 1.54) is 6.07 Å². The van der Waals surface area contributed by atoms with E-state index in [-0.39, 0.29) is 5.69 Å². The number of aromatic amines is 1. The van der Waals surface area contributed by atoms with Crippen molar-refractivity contribution in [1.29, 1.82) is 0 Å². The lowest BCUT2D eigenvalue weighted by molar-refractivity contribution is -0.242. The number of H-pyrrole nitrogens is 1. The monoisotopic (exact) mass is 334 g/mol. The molecule has 0 radical (unpaired) electrons. The molecule has 3 heterocycles. The van der Waals surface area contributed by atoms with Gasteiger partial charge < -0.3 is 20.2 Å². The lowest BCUT2D eigenvalue weighted by Crippen LogP contribution is -2.29. The van der Waals surface area contributed by atoms with E-state index < -0.39 is 12.0 Å². The van der Waals surface area contributed by atoms with Gasteiger partial charge in [0.25, 0.3) is 5.91 Å². The molecule has 2 aromatic heterocycles. The minimum absolute atomic E-state index is 0.237. The van der Waals surface area contributed by atoms with Crippen LogP contribution in [0.5, 0.6) is 0 Å². The molecule has 3 N–H and O–H groups in total. The first-order valence-electron chi connectivity index (χ1n) is 7.47. The number of hydrogen-bond donors (Lipinski definition) is 3. The third-order valence-corrected chi connectivity index (χ3v) is 3.99. The molecule has 0 atom stereocenters. The standard InChI is InChI=1S/C17H13N5O3/c1-8-2-3-9(6-18-8)15-12-7-19-22-16(23)11-4-10(20-17(24)25)5-13(21-15)14(11)12/h2-7,20-21H,1H3,(H,22,23)(H,24,25)/p-1. The maximum absolute atomic E-state index is 12.3. The van der Waals surface area contributed by atoms with E-state index in [0.29, 0.717) is 16.5 Å². The lowest BCUT2D eigenvalue weighted by atomic mass is 10.0. The Morgan fingerprint density at radius 1 is 1.28 bits per heavy atom. The van der Waals surface area contributed by atoms with Crippen molar-refractivity contribution in [2.24, 2.45) is 5.10 Å². The van der Waals surface area contributed by atoms with Gasteiger partial charge in [0.15, 0.2) is 0 Å². The number of anilines is 1. The number of hydrazone groups is 1. The lowest BCUT2D eigenvalue weighted by Gasteiger charge is -2.09. The predicted molar refractivity (Wildman–Crippen MR) is 90.3 cm³/mol. The molecular weight excluding hydrogens is 322 g/mol. The SMILES string of the molecule is Cc1ccc(-c2[nH]c3cc(NC(=O)[O-])cc4c3c2C=NNC4=O)cn1. The van der Waals surface area contributed by atoms with E-state index in [4.69, 9.17) is 0 Å². The Balaban J connectivity index is 2.01. The first-order chi connectivity index (χ1) is 12.0. The fraction of sp³-hybridized carbons (Fsp3) is 0.0588. The largest absolute Gasteiger partial charge is 0.530 e. The topological polar surface area (TPSA) is 122 Å². The van der Waals surface area contributed by atoms with Crippen molar-refractivity contribution in [3.05, 3.63) is 47.3 Å². The molecule has 0 unspecified atom stereocenters. The number of carboxylic acid groups (broad SMARTS) is 1. The Morgan fingerprint density at radius 3 is 2.84 bits per heavy atom. The molecule has 3 aromatic rings. The molecule has 1 aliphatic rings. The van der Waals surface area contributed by atoms with Crippen molar-refractivity contribution >= 4 is 34.8 Å². The number of pyridine rings is 1. The third kappa shape index (κ3) is 2.49. The first-order valence-corrected chi connectivity index (χ1v) is 7.47. The Labute approximate surface area is 141 Å². The number of amides is 2. The van der Waals surface area contributed by atoms with Crippen LogP contribution in [0.15, 0.2) is 35.6 Å². The van der Waals surface area contributed by atoms with Gasteiger partial charge in [0.05, 0.1) is 17.5 Å². The van der Waals surface area contributed by atoms with Crippen molar-refractivity contribution in [1.82, 2.24) is 15.4 Å². The summed E-state index contributed by atoms with van der Waals surface area (Å²) in [4.78, 5) is 30.6. The van der Waals surface area contributed by atoms with E-state index in [0.717, 1.165) is 22.5 Å². The predicted octanol–water partition coefficient (Wildman–Crippen LogP) is 1.37. The molecule has 8 heteroatoms. The van der Waals surface area contributed by atoms with Crippen LogP contribution < -0.4 is 15.8 Å². The average molecular weight is 334 g/mol. The maximum Gasteiger partial charge on any atom is 0.272 e. The molecule has 25 heavy (non-hydrogen) atoms. The highest BCUT2D eigenvalue weighted by molar-refractivity contribution is 6.18. The van der Waals surface area contributed by atoms with Gasteiger partial charge >= 0.3 is 0 Å². The Kier molecular flexibility index (Phi) is 3.24. The molecule has 124 valence electrons. The zero-order valence-electron chi connectivity index (χ0n) is 13.1. The fourth-order valence-corrected chi connectivity index (χ4v) is 2.92. The molecule has 2 amide bonds. The molecule has 0 aliphatic carbocycles. The summed E-state index contributed by atoms with van der Waals surface area (Å²) in [7, 11) is 0. The van der Waals surface area contributed by atoms with Crippen molar-refractivity contribution < 1.29 is 14.7 Å². The molecule has 8 nitrogen and oxygen atoms in total.